The van der Waals surface area contributed by atoms with E-state index in [1.807, 2.05) is 18.4 Å². The summed E-state index contributed by atoms with van der Waals surface area (Å²) in [6.07, 6.45) is 4.15. The average molecular weight is 420 g/mol. The molecule has 1 aliphatic rings. The fourth-order valence-electron chi connectivity index (χ4n) is 3.47. The van der Waals surface area contributed by atoms with Gasteiger partial charge >= 0.3 is 5.97 Å². The number of nitrogens with one attached hydrogen (secondary N) is 1. The van der Waals surface area contributed by atoms with Gasteiger partial charge in [-0.25, -0.2) is 9.78 Å². The van der Waals surface area contributed by atoms with E-state index >= 15 is 0 Å². The van der Waals surface area contributed by atoms with Crippen molar-refractivity contribution in [1.29, 1.82) is 0 Å². The highest BCUT2D eigenvalue weighted by Gasteiger charge is 2.24. The number of esters is 1. The third-order valence-electron chi connectivity index (χ3n) is 5.05. The number of aromatic nitrogens is 2. The van der Waals surface area contributed by atoms with Crippen LogP contribution in [0.15, 0.2) is 11.4 Å². The lowest BCUT2D eigenvalue weighted by Crippen LogP contribution is -2.25. The second-order valence-corrected chi connectivity index (χ2v) is 8.00. The minimum absolute atomic E-state index is 0.0795. The molecule has 1 N–H and O–H groups in total. The second kappa shape index (κ2) is 10.0. The second-order valence-electron chi connectivity index (χ2n) is 7.14. The van der Waals surface area contributed by atoms with Crippen molar-refractivity contribution >= 4 is 23.2 Å². The number of unbranched alkanes of at least 4 members (excludes halogenated alkanes) is 1. The van der Waals surface area contributed by atoms with Gasteiger partial charge in [-0.15, -0.1) is 11.3 Å². The predicted molar refractivity (Wildman–Crippen MR) is 112 cm³/mol. The van der Waals surface area contributed by atoms with E-state index in [4.69, 9.17) is 9.47 Å². The van der Waals surface area contributed by atoms with Crippen LogP contribution in [-0.2, 0) is 16.0 Å². The Kier molecular flexibility index (Phi) is 7.44. The first-order valence-electron chi connectivity index (χ1n) is 10.3. The van der Waals surface area contributed by atoms with E-state index in [9.17, 15) is 9.59 Å². The highest BCUT2D eigenvalue weighted by molar-refractivity contribution is 7.11. The number of amides is 1. The molecule has 29 heavy (non-hydrogen) atoms. The molecule has 1 aliphatic heterocycles. The summed E-state index contributed by atoms with van der Waals surface area (Å²) in [5.74, 6) is -0.501. The van der Waals surface area contributed by atoms with E-state index in [1.54, 1.807) is 6.92 Å². The Balaban J connectivity index is 1.92. The summed E-state index contributed by atoms with van der Waals surface area (Å²) < 4.78 is 13.0. The largest absolute Gasteiger partial charge is 0.461 e. The van der Waals surface area contributed by atoms with Gasteiger partial charge in [-0.3, -0.25) is 4.79 Å². The van der Waals surface area contributed by atoms with E-state index in [0.717, 1.165) is 43.7 Å². The molecule has 0 aliphatic carbocycles. The van der Waals surface area contributed by atoms with Crippen molar-refractivity contribution in [1.82, 2.24) is 14.9 Å². The van der Waals surface area contributed by atoms with Crippen molar-refractivity contribution in [3.05, 3.63) is 27.7 Å². The summed E-state index contributed by atoms with van der Waals surface area (Å²) in [6, 6.07) is 1.87. The third-order valence-corrected chi connectivity index (χ3v) is 5.88. The molecule has 1 atom stereocenters. The van der Waals surface area contributed by atoms with Gasteiger partial charge in [0.15, 0.2) is 0 Å². The van der Waals surface area contributed by atoms with Crippen LogP contribution in [0.25, 0.3) is 11.4 Å². The van der Waals surface area contributed by atoms with Crippen LogP contribution in [-0.4, -0.2) is 47.3 Å². The molecule has 158 valence electrons. The lowest BCUT2D eigenvalue weighted by Gasteiger charge is -2.15. The minimum Gasteiger partial charge on any atom is -0.461 e. The average Bonchev–Trinajstić information content (AvgIpc) is 3.44. The summed E-state index contributed by atoms with van der Waals surface area (Å²) in [6.45, 7) is 8.22. The topological polar surface area (TPSA) is 82.5 Å². The van der Waals surface area contributed by atoms with Crippen molar-refractivity contribution in [3.8, 4) is 11.4 Å². The molecule has 2 aromatic rings. The van der Waals surface area contributed by atoms with Crippen LogP contribution in [0.2, 0.25) is 0 Å². The molecule has 1 amide bonds. The molecule has 1 unspecified atom stereocenters. The van der Waals surface area contributed by atoms with Crippen molar-refractivity contribution in [2.75, 3.05) is 19.8 Å². The Bertz CT molecular complexity index is 852. The molecule has 0 aromatic carbocycles. The summed E-state index contributed by atoms with van der Waals surface area (Å²) in [5.41, 5.74) is 3.02. The fraction of sp³-hybridized carbons (Fsp3) is 0.571. The van der Waals surface area contributed by atoms with Crippen molar-refractivity contribution < 1.29 is 19.1 Å². The van der Waals surface area contributed by atoms with Crippen LogP contribution in [0.4, 0.5) is 0 Å². The van der Waals surface area contributed by atoms with E-state index in [1.165, 1.54) is 11.3 Å². The van der Waals surface area contributed by atoms with Crippen molar-refractivity contribution in [2.45, 2.75) is 59.1 Å². The number of thiazole rings is 1. The summed E-state index contributed by atoms with van der Waals surface area (Å²) in [5, 5.41) is 5.15. The van der Waals surface area contributed by atoms with Gasteiger partial charge in [0.25, 0.3) is 5.91 Å². The Morgan fingerprint density at radius 2 is 2.24 bits per heavy atom. The normalized spacial score (nSPS) is 16.2. The SMILES string of the molecule is CCCCNC(=O)c1cc(-c2csc(C(=O)OCC)n2)n(CC2CCCO2)c1C. The maximum Gasteiger partial charge on any atom is 0.367 e. The first-order valence-corrected chi connectivity index (χ1v) is 11.2. The lowest BCUT2D eigenvalue weighted by molar-refractivity contribution is 0.0526. The van der Waals surface area contributed by atoms with E-state index in [0.29, 0.717) is 36.0 Å². The van der Waals surface area contributed by atoms with Crippen LogP contribution in [0, 0.1) is 6.92 Å². The van der Waals surface area contributed by atoms with Crippen LogP contribution in [0.3, 0.4) is 0 Å². The number of rotatable bonds is 9. The van der Waals surface area contributed by atoms with Gasteiger partial charge < -0.3 is 19.4 Å². The molecule has 3 heterocycles. The summed E-state index contributed by atoms with van der Waals surface area (Å²) in [4.78, 5) is 29.2. The number of hydrogen-bond acceptors (Lipinski definition) is 6. The van der Waals surface area contributed by atoms with Crippen LogP contribution in [0.5, 0.6) is 0 Å². The van der Waals surface area contributed by atoms with Crippen molar-refractivity contribution in [2.24, 2.45) is 0 Å². The van der Waals surface area contributed by atoms with Gasteiger partial charge in [0.2, 0.25) is 5.01 Å². The number of ether oxygens (including phenoxy) is 2. The van der Waals surface area contributed by atoms with Gasteiger partial charge in [-0.2, -0.15) is 0 Å². The maximum absolute atomic E-state index is 12.7. The number of carbonyl (C=O) groups is 2. The number of hydrogen-bond donors (Lipinski definition) is 1. The molecular weight excluding hydrogens is 390 g/mol. The first kappa shape index (κ1) is 21.5. The fourth-order valence-corrected chi connectivity index (χ4v) is 4.17. The molecule has 3 rings (SSSR count). The van der Waals surface area contributed by atoms with Crippen molar-refractivity contribution in [3.63, 3.8) is 0 Å². The van der Waals surface area contributed by atoms with E-state index in [-0.39, 0.29) is 12.0 Å². The number of nitrogens with zero attached hydrogens (tertiary/aromatic N) is 2. The quantitative estimate of drug-likeness (QED) is 0.494. The standard InChI is InChI=1S/C21H29N3O4S/c1-4-6-9-22-19(25)16-11-18(17-13-29-20(23-17)21(26)27-5-2)24(14(16)3)12-15-8-7-10-28-15/h11,13,15H,4-10,12H2,1-3H3,(H,22,25). The van der Waals surface area contributed by atoms with E-state index in [2.05, 4.69) is 21.8 Å². The molecular formula is C21H29N3O4S. The third kappa shape index (κ3) is 5.05. The molecule has 8 heteroatoms. The zero-order valence-corrected chi connectivity index (χ0v) is 18.1. The Hall–Kier alpha value is -2.19. The maximum atomic E-state index is 12.7. The Labute approximate surface area is 175 Å². The zero-order chi connectivity index (χ0) is 20.8. The van der Waals surface area contributed by atoms with Gasteiger partial charge in [0.1, 0.15) is 0 Å². The molecule has 0 saturated carbocycles. The van der Waals surface area contributed by atoms with Crippen LogP contribution < -0.4 is 5.32 Å². The van der Waals surface area contributed by atoms with Gasteiger partial charge in [0.05, 0.1) is 29.7 Å². The van der Waals surface area contributed by atoms with Gasteiger partial charge in [-0.1, -0.05) is 13.3 Å². The van der Waals surface area contributed by atoms with Gasteiger partial charge in [-0.05, 0) is 39.2 Å². The lowest BCUT2D eigenvalue weighted by atomic mass is 10.2. The number of carbonyl (C=O) groups excluding carboxylic acids is 2. The van der Waals surface area contributed by atoms with Crippen LogP contribution in [0.1, 0.15) is 65.4 Å². The minimum atomic E-state index is -0.421. The van der Waals surface area contributed by atoms with Crippen LogP contribution >= 0.6 is 11.3 Å². The molecule has 0 bridgehead atoms. The summed E-state index contributed by atoms with van der Waals surface area (Å²) in [7, 11) is 0. The van der Waals surface area contributed by atoms with Gasteiger partial charge in [0, 0.05) is 30.8 Å². The molecule has 2 aromatic heterocycles. The predicted octanol–water partition coefficient (Wildman–Crippen LogP) is 3.81. The highest BCUT2D eigenvalue weighted by atomic mass is 32.1. The monoisotopic (exact) mass is 419 g/mol. The Morgan fingerprint density at radius 1 is 1.41 bits per heavy atom. The first-order chi connectivity index (χ1) is 14.0. The Morgan fingerprint density at radius 3 is 2.93 bits per heavy atom. The summed E-state index contributed by atoms with van der Waals surface area (Å²) >= 11 is 1.25. The molecule has 0 spiro atoms. The molecule has 1 fully saturated rings. The zero-order valence-electron chi connectivity index (χ0n) is 17.3. The van der Waals surface area contributed by atoms with E-state index < -0.39 is 5.97 Å². The smallest absolute Gasteiger partial charge is 0.367 e. The molecule has 0 radical (unpaired) electrons. The molecule has 1 saturated heterocycles. The molecule has 7 nitrogen and oxygen atoms in total. The highest BCUT2D eigenvalue weighted by Crippen LogP contribution is 2.29.